The highest BCUT2D eigenvalue weighted by Crippen LogP contribution is 2.39. The van der Waals surface area contributed by atoms with Crippen LogP contribution in [0, 0.1) is 5.92 Å². The van der Waals surface area contributed by atoms with E-state index in [9.17, 15) is 4.79 Å². The van der Waals surface area contributed by atoms with Gasteiger partial charge in [0, 0.05) is 31.9 Å². The lowest BCUT2D eigenvalue weighted by Gasteiger charge is -2.38. The number of anilines is 1. The van der Waals surface area contributed by atoms with Crippen molar-refractivity contribution in [2.24, 2.45) is 5.92 Å². The van der Waals surface area contributed by atoms with E-state index in [0.717, 1.165) is 19.4 Å². The van der Waals surface area contributed by atoms with Gasteiger partial charge in [0.25, 0.3) is 0 Å². The fraction of sp³-hybridized carbons (Fsp3) is 0.562. The minimum Gasteiger partial charge on any atom is -0.383 e. The molecule has 1 amide bonds. The van der Waals surface area contributed by atoms with Crippen molar-refractivity contribution in [2.75, 3.05) is 31.7 Å². The summed E-state index contributed by atoms with van der Waals surface area (Å²) in [7, 11) is 1.65. The van der Waals surface area contributed by atoms with E-state index in [-0.39, 0.29) is 11.8 Å². The van der Waals surface area contributed by atoms with Crippen LogP contribution in [-0.2, 0) is 16.0 Å². The zero-order valence-electron chi connectivity index (χ0n) is 12.0. The predicted octanol–water partition coefficient (Wildman–Crippen LogP) is 1.59. The van der Waals surface area contributed by atoms with Crippen LogP contribution in [0.4, 0.5) is 5.69 Å². The highest BCUT2D eigenvalue weighted by molar-refractivity contribution is 5.82. The number of ether oxygens (including phenoxy) is 1. The normalized spacial score (nSPS) is 24.1. The number of hydrogen-bond donors (Lipinski definition) is 1. The second-order valence-corrected chi connectivity index (χ2v) is 5.63. The first-order chi connectivity index (χ1) is 9.81. The number of methoxy groups -OCH3 is 1. The fourth-order valence-electron chi connectivity index (χ4n) is 3.52. The van der Waals surface area contributed by atoms with Crippen LogP contribution in [0.5, 0.6) is 0 Å². The Morgan fingerprint density at radius 1 is 1.45 bits per heavy atom. The summed E-state index contributed by atoms with van der Waals surface area (Å²) in [6.07, 6.45) is 3.16. The Hall–Kier alpha value is -1.55. The van der Waals surface area contributed by atoms with E-state index in [1.54, 1.807) is 7.11 Å². The molecule has 0 aliphatic carbocycles. The first-order valence-corrected chi connectivity index (χ1v) is 7.42. The number of rotatable bonds is 4. The Labute approximate surface area is 120 Å². The second-order valence-electron chi connectivity index (χ2n) is 5.63. The van der Waals surface area contributed by atoms with Crippen LogP contribution in [0.15, 0.2) is 24.3 Å². The van der Waals surface area contributed by atoms with E-state index in [2.05, 4.69) is 34.5 Å². The third-order valence-corrected chi connectivity index (χ3v) is 4.45. The van der Waals surface area contributed by atoms with Crippen molar-refractivity contribution in [1.29, 1.82) is 0 Å². The molecule has 1 aromatic rings. The Bertz CT molecular complexity index is 489. The molecule has 1 N–H and O–H groups in total. The maximum Gasteiger partial charge on any atom is 0.225 e. The maximum atomic E-state index is 12.4. The molecule has 2 aliphatic heterocycles. The lowest BCUT2D eigenvalue weighted by atomic mass is 9.85. The van der Waals surface area contributed by atoms with Gasteiger partial charge < -0.3 is 15.0 Å². The summed E-state index contributed by atoms with van der Waals surface area (Å²) in [5.41, 5.74) is 2.63. The quantitative estimate of drug-likeness (QED) is 0.848. The van der Waals surface area contributed by atoms with Gasteiger partial charge in [-0.2, -0.15) is 0 Å². The van der Waals surface area contributed by atoms with Crippen molar-refractivity contribution in [1.82, 2.24) is 5.32 Å². The van der Waals surface area contributed by atoms with Crippen molar-refractivity contribution in [3.05, 3.63) is 29.8 Å². The summed E-state index contributed by atoms with van der Waals surface area (Å²) in [4.78, 5) is 14.9. The largest absolute Gasteiger partial charge is 0.383 e. The monoisotopic (exact) mass is 274 g/mol. The summed E-state index contributed by atoms with van der Waals surface area (Å²) < 4.78 is 5.00. The topological polar surface area (TPSA) is 41.6 Å². The maximum absolute atomic E-state index is 12.4. The highest BCUT2D eigenvalue weighted by Gasteiger charge is 2.40. The smallest absolute Gasteiger partial charge is 0.225 e. The van der Waals surface area contributed by atoms with E-state index in [1.165, 1.54) is 17.7 Å². The van der Waals surface area contributed by atoms with E-state index in [0.29, 0.717) is 19.2 Å². The number of nitrogens with zero attached hydrogens (tertiary/aromatic N) is 1. The number of carbonyl (C=O) groups excluding carboxylic acids is 1. The summed E-state index contributed by atoms with van der Waals surface area (Å²) in [5, 5.41) is 3.01. The molecule has 2 aliphatic rings. The Morgan fingerprint density at radius 2 is 2.30 bits per heavy atom. The van der Waals surface area contributed by atoms with Crippen molar-refractivity contribution >= 4 is 11.6 Å². The molecule has 1 saturated heterocycles. The summed E-state index contributed by atoms with van der Waals surface area (Å²) in [6, 6.07) is 8.86. The van der Waals surface area contributed by atoms with Crippen LogP contribution in [-0.4, -0.2) is 38.8 Å². The van der Waals surface area contributed by atoms with Gasteiger partial charge in [0.15, 0.2) is 0 Å². The highest BCUT2D eigenvalue weighted by atomic mass is 16.5. The van der Waals surface area contributed by atoms with E-state index in [1.807, 2.05) is 0 Å². The van der Waals surface area contributed by atoms with E-state index >= 15 is 0 Å². The number of benzene rings is 1. The standard InChI is InChI=1S/C16H22N2O2/c1-20-10-8-17-16(19)13-11-12-5-2-3-6-14(12)18-9-4-7-15(13)18/h2-3,5-6,13,15H,4,7-11H2,1H3,(H,17,19). The average molecular weight is 274 g/mol. The molecule has 2 unspecified atom stereocenters. The average Bonchev–Trinajstić information content (AvgIpc) is 2.96. The first kappa shape index (κ1) is 13.4. The van der Waals surface area contributed by atoms with E-state index in [4.69, 9.17) is 4.74 Å². The van der Waals surface area contributed by atoms with E-state index < -0.39 is 0 Å². The summed E-state index contributed by atoms with van der Waals surface area (Å²) in [5.74, 6) is 0.248. The molecule has 0 aromatic heterocycles. The van der Waals surface area contributed by atoms with Crippen molar-refractivity contribution in [3.63, 3.8) is 0 Å². The van der Waals surface area contributed by atoms with Gasteiger partial charge in [0.05, 0.1) is 12.5 Å². The number of amides is 1. The SMILES string of the molecule is COCCNC(=O)C1Cc2ccccc2N2CCCC12. The predicted molar refractivity (Wildman–Crippen MR) is 78.9 cm³/mol. The van der Waals surface area contributed by atoms with Crippen LogP contribution in [0.3, 0.4) is 0 Å². The molecule has 2 heterocycles. The Morgan fingerprint density at radius 3 is 3.15 bits per heavy atom. The lowest BCUT2D eigenvalue weighted by molar-refractivity contribution is -0.125. The van der Waals surface area contributed by atoms with Crippen LogP contribution in [0.2, 0.25) is 0 Å². The van der Waals surface area contributed by atoms with Gasteiger partial charge in [-0.3, -0.25) is 4.79 Å². The Balaban J connectivity index is 1.78. The molecule has 0 radical (unpaired) electrons. The minimum absolute atomic E-state index is 0.0734. The molecule has 4 nitrogen and oxygen atoms in total. The van der Waals surface area contributed by atoms with Gasteiger partial charge in [0.1, 0.15) is 0 Å². The molecule has 4 heteroatoms. The molecule has 0 saturated carbocycles. The summed E-state index contributed by atoms with van der Waals surface area (Å²) in [6.45, 7) is 2.24. The van der Waals surface area contributed by atoms with Gasteiger partial charge in [-0.15, -0.1) is 0 Å². The van der Waals surface area contributed by atoms with Crippen LogP contribution < -0.4 is 10.2 Å². The second kappa shape index (κ2) is 5.83. The molecule has 0 bridgehead atoms. The molecule has 1 fully saturated rings. The number of fused-ring (bicyclic) bond motifs is 3. The number of nitrogens with one attached hydrogen (secondary N) is 1. The van der Waals surface area contributed by atoms with Crippen LogP contribution in [0.1, 0.15) is 18.4 Å². The first-order valence-electron chi connectivity index (χ1n) is 7.42. The molecular weight excluding hydrogens is 252 g/mol. The molecule has 3 rings (SSSR count). The third-order valence-electron chi connectivity index (χ3n) is 4.45. The van der Waals surface area contributed by atoms with Crippen molar-refractivity contribution < 1.29 is 9.53 Å². The fourth-order valence-corrected chi connectivity index (χ4v) is 3.52. The molecule has 2 atom stereocenters. The van der Waals surface area contributed by atoms with Gasteiger partial charge in [-0.1, -0.05) is 18.2 Å². The molecule has 0 spiro atoms. The number of para-hydroxylation sites is 1. The molecule has 1 aromatic carbocycles. The molecule has 20 heavy (non-hydrogen) atoms. The van der Waals surface area contributed by atoms with Gasteiger partial charge in [-0.25, -0.2) is 0 Å². The number of carbonyl (C=O) groups is 1. The third kappa shape index (κ3) is 2.40. The zero-order valence-corrected chi connectivity index (χ0v) is 12.0. The summed E-state index contributed by atoms with van der Waals surface area (Å²) >= 11 is 0. The van der Waals surface area contributed by atoms with Crippen LogP contribution >= 0.6 is 0 Å². The lowest BCUT2D eigenvalue weighted by Crippen LogP contribution is -2.48. The van der Waals surface area contributed by atoms with Gasteiger partial charge >= 0.3 is 0 Å². The van der Waals surface area contributed by atoms with Crippen LogP contribution in [0.25, 0.3) is 0 Å². The van der Waals surface area contributed by atoms with Crippen molar-refractivity contribution in [3.8, 4) is 0 Å². The zero-order chi connectivity index (χ0) is 13.9. The molecular formula is C16H22N2O2. The number of hydrogen-bond acceptors (Lipinski definition) is 3. The minimum atomic E-state index is 0.0734. The van der Waals surface area contributed by atoms with Gasteiger partial charge in [-0.05, 0) is 30.9 Å². The Kier molecular flexibility index (Phi) is 3.92. The van der Waals surface area contributed by atoms with Crippen molar-refractivity contribution in [2.45, 2.75) is 25.3 Å². The molecule has 108 valence electrons. The van der Waals surface area contributed by atoms with Gasteiger partial charge in [0.2, 0.25) is 5.91 Å².